The maximum absolute atomic E-state index is 14.2. The van der Waals surface area contributed by atoms with E-state index in [0.29, 0.717) is 51.3 Å². The van der Waals surface area contributed by atoms with Gasteiger partial charge in [-0.05, 0) is 55.9 Å². The van der Waals surface area contributed by atoms with Crippen molar-refractivity contribution in [2.24, 2.45) is 11.7 Å². The van der Waals surface area contributed by atoms with Crippen LogP contribution in [0, 0.1) is 17.1 Å². The van der Waals surface area contributed by atoms with Crippen LogP contribution in [0.2, 0.25) is 0 Å². The van der Waals surface area contributed by atoms with Gasteiger partial charge in [-0.25, -0.2) is 9.18 Å². The summed E-state index contributed by atoms with van der Waals surface area (Å²) in [6.45, 7) is 7.41. The highest BCUT2D eigenvalue weighted by Crippen LogP contribution is 2.40. The van der Waals surface area contributed by atoms with Gasteiger partial charge in [-0.15, -0.1) is 11.3 Å². The van der Waals surface area contributed by atoms with Gasteiger partial charge >= 0.3 is 5.69 Å². The number of aliphatic hydroxyl groups is 1. The van der Waals surface area contributed by atoms with E-state index in [1.54, 1.807) is 30.5 Å². The molecule has 35 heavy (non-hydrogen) atoms. The third-order valence-corrected chi connectivity index (χ3v) is 7.52. The van der Waals surface area contributed by atoms with Crippen molar-refractivity contribution in [3.05, 3.63) is 66.6 Å². The predicted molar refractivity (Wildman–Crippen MR) is 139 cm³/mol. The molecule has 4 N–H and O–H groups in total. The number of hydrogen-bond donors (Lipinski definition) is 3. The highest BCUT2D eigenvalue weighted by atomic mass is 32.1. The van der Waals surface area contributed by atoms with E-state index in [1.165, 1.54) is 22.0 Å². The van der Waals surface area contributed by atoms with Crippen LogP contribution in [0.5, 0.6) is 0 Å². The van der Waals surface area contributed by atoms with Crippen LogP contribution in [0.3, 0.4) is 0 Å². The minimum Gasteiger partial charge on any atom is -0.402 e. The van der Waals surface area contributed by atoms with E-state index < -0.39 is 12.4 Å². The number of benzene rings is 1. The second-order valence-corrected chi connectivity index (χ2v) is 10.8. The van der Waals surface area contributed by atoms with Crippen molar-refractivity contribution in [2.45, 2.75) is 66.2 Å². The second kappa shape index (κ2) is 9.54. The number of rotatable bonds is 8. The van der Waals surface area contributed by atoms with Gasteiger partial charge in [0.1, 0.15) is 10.6 Å². The quantitative estimate of drug-likeness (QED) is 0.401. The molecule has 3 aromatic rings. The number of aromatic nitrogens is 2. The topological polar surface area (TPSA) is 114 Å². The number of hydrogen-bond acceptors (Lipinski definition) is 6. The Morgan fingerprint density at radius 3 is 2.51 bits per heavy atom. The van der Waals surface area contributed by atoms with Crippen LogP contribution >= 0.6 is 11.3 Å². The summed E-state index contributed by atoms with van der Waals surface area (Å²) in [6, 6.07) is 4.31. The van der Waals surface area contributed by atoms with Gasteiger partial charge < -0.3 is 16.2 Å². The molecular formula is C26H31FN4O3S. The zero-order valence-electron chi connectivity index (χ0n) is 20.4. The van der Waals surface area contributed by atoms with E-state index in [2.05, 4.69) is 0 Å². The van der Waals surface area contributed by atoms with Crippen LogP contribution in [-0.2, 0) is 19.6 Å². The SMILES string of the molecule is CC(=N)/C(Cc1sc2c(c1-c1ccc(F)c(CO)c1)c(=O)n(C1CC1)c(=O)n2CC(C)C)=C(/C)N. The molecule has 0 unspecified atom stereocenters. The highest BCUT2D eigenvalue weighted by Gasteiger charge is 2.31. The van der Waals surface area contributed by atoms with Gasteiger partial charge in [0.05, 0.1) is 12.0 Å². The smallest absolute Gasteiger partial charge is 0.332 e. The number of nitrogens with zero attached hydrogens (tertiary/aromatic N) is 2. The number of thiophene rings is 1. The molecule has 1 aliphatic rings. The summed E-state index contributed by atoms with van der Waals surface area (Å²) in [5.74, 6) is -0.356. The van der Waals surface area contributed by atoms with Crippen molar-refractivity contribution in [3.8, 4) is 11.1 Å². The molecule has 186 valence electrons. The van der Waals surface area contributed by atoms with E-state index >= 15 is 0 Å². The first-order valence-corrected chi connectivity index (χ1v) is 12.6. The van der Waals surface area contributed by atoms with Crippen molar-refractivity contribution >= 4 is 27.3 Å². The maximum Gasteiger partial charge on any atom is 0.332 e. The number of nitrogens with one attached hydrogen (secondary N) is 1. The molecule has 2 aromatic heterocycles. The fraction of sp³-hybridized carbons (Fsp3) is 0.423. The van der Waals surface area contributed by atoms with Gasteiger partial charge in [-0.2, -0.15) is 0 Å². The van der Waals surface area contributed by atoms with Crippen molar-refractivity contribution < 1.29 is 9.50 Å². The van der Waals surface area contributed by atoms with Crippen molar-refractivity contribution in [1.82, 2.24) is 9.13 Å². The van der Waals surface area contributed by atoms with Crippen LogP contribution in [0.4, 0.5) is 4.39 Å². The maximum atomic E-state index is 14.2. The molecule has 9 heteroatoms. The van der Waals surface area contributed by atoms with Crippen LogP contribution in [0.1, 0.15) is 57.0 Å². The van der Waals surface area contributed by atoms with Crippen molar-refractivity contribution in [1.29, 1.82) is 5.41 Å². The van der Waals surface area contributed by atoms with Gasteiger partial charge in [-0.1, -0.05) is 19.9 Å². The first-order valence-electron chi connectivity index (χ1n) is 11.8. The van der Waals surface area contributed by atoms with E-state index in [0.717, 1.165) is 17.7 Å². The Labute approximate surface area is 206 Å². The number of allylic oxidation sites excluding steroid dienone is 2. The molecule has 1 fully saturated rings. The molecule has 1 aromatic carbocycles. The molecule has 0 amide bonds. The van der Waals surface area contributed by atoms with Crippen molar-refractivity contribution in [3.63, 3.8) is 0 Å². The average Bonchev–Trinajstić information content (AvgIpc) is 3.54. The fourth-order valence-corrected chi connectivity index (χ4v) is 5.79. The van der Waals surface area contributed by atoms with Gasteiger partial charge in [-0.3, -0.25) is 13.9 Å². The Morgan fingerprint density at radius 1 is 1.29 bits per heavy atom. The zero-order chi connectivity index (χ0) is 25.6. The normalized spacial score (nSPS) is 14.6. The Balaban J connectivity index is 2.14. The largest absolute Gasteiger partial charge is 0.402 e. The first-order chi connectivity index (χ1) is 16.5. The number of nitrogens with two attached hydrogens (primary N) is 1. The third-order valence-electron chi connectivity index (χ3n) is 6.31. The summed E-state index contributed by atoms with van der Waals surface area (Å²) in [5, 5.41) is 18.3. The van der Waals surface area contributed by atoms with Crippen LogP contribution in [0.15, 0.2) is 39.1 Å². The molecular weight excluding hydrogens is 467 g/mol. The third kappa shape index (κ3) is 4.62. The van der Waals surface area contributed by atoms with Crippen LogP contribution < -0.4 is 17.0 Å². The Kier molecular flexibility index (Phi) is 6.83. The molecule has 1 saturated carbocycles. The minimum absolute atomic E-state index is 0.110. The fourth-order valence-electron chi connectivity index (χ4n) is 4.47. The summed E-state index contributed by atoms with van der Waals surface area (Å²) in [4.78, 5) is 28.6. The monoisotopic (exact) mass is 498 g/mol. The van der Waals surface area contributed by atoms with Gasteiger partial charge in [0.25, 0.3) is 5.56 Å². The summed E-state index contributed by atoms with van der Waals surface area (Å²) >= 11 is 1.34. The van der Waals surface area contributed by atoms with Gasteiger partial charge in [0.15, 0.2) is 0 Å². The lowest BCUT2D eigenvalue weighted by Crippen LogP contribution is -2.39. The minimum atomic E-state index is -0.529. The van der Waals surface area contributed by atoms with Crippen LogP contribution in [0.25, 0.3) is 21.3 Å². The summed E-state index contributed by atoms with van der Waals surface area (Å²) in [6.07, 6.45) is 1.87. The first kappa shape index (κ1) is 25.1. The Morgan fingerprint density at radius 2 is 1.97 bits per heavy atom. The molecule has 1 aliphatic carbocycles. The lowest BCUT2D eigenvalue weighted by Gasteiger charge is -2.14. The molecule has 4 rings (SSSR count). The van der Waals surface area contributed by atoms with Gasteiger partial charge in [0, 0.05) is 46.4 Å². The number of halogens is 1. The standard InChI is InChI=1S/C26H31FN4O3S/c1-13(2)11-30-25-23(24(33)31(26(30)34)18-6-7-18)22(16-5-8-20(27)17(9-16)12-32)21(35-25)10-19(14(3)28)15(4)29/h5,8-9,13,18,28,32H,6-7,10-12,29H2,1-4H3/b19-15-,28-14?. The lowest BCUT2D eigenvalue weighted by molar-refractivity contribution is 0.276. The van der Waals surface area contributed by atoms with Gasteiger partial charge in [0.2, 0.25) is 0 Å². The molecule has 0 radical (unpaired) electrons. The molecule has 0 atom stereocenters. The summed E-state index contributed by atoms with van der Waals surface area (Å²) < 4.78 is 17.3. The molecule has 0 spiro atoms. The molecule has 7 nitrogen and oxygen atoms in total. The lowest BCUT2D eigenvalue weighted by atomic mass is 9.96. The molecule has 0 saturated heterocycles. The van der Waals surface area contributed by atoms with E-state index in [4.69, 9.17) is 11.1 Å². The van der Waals surface area contributed by atoms with Crippen molar-refractivity contribution in [2.75, 3.05) is 0 Å². The number of fused-ring (bicyclic) bond motifs is 1. The van der Waals surface area contributed by atoms with Crippen LogP contribution in [-0.4, -0.2) is 20.0 Å². The van der Waals surface area contributed by atoms with E-state index in [9.17, 15) is 19.1 Å². The summed E-state index contributed by atoms with van der Waals surface area (Å²) in [7, 11) is 0. The zero-order valence-corrected chi connectivity index (χ0v) is 21.3. The summed E-state index contributed by atoms with van der Waals surface area (Å²) in [5.41, 5.74) is 8.23. The number of aliphatic hydroxyl groups excluding tert-OH is 1. The van der Waals surface area contributed by atoms with E-state index in [1.807, 2.05) is 13.8 Å². The molecule has 0 aliphatic heterocycles. The predicted octanol–water partition coefficient (Wildman–Crippen LogP) is 4.33. The average molecular weight is 499 g/mol. The molecule has 2 heterocycles. The molecule has 0 bridgehead atoms. The van der Waals surface area contributed by atoms with E-state index in [-0.39, 0.29) is 28.8 Å². The Bertz CT molecular complexity index is 1470. The second-order valence-electron chi connectivity index (χ2n) is 9.70. The highest BCUT2D eigenvalue weighted by molar-refractivity contribution is 7.19. The Hall–Kier alpha value is -3.04.